The molecule has 2 rings (SSSR count). The minimum Gasteiger partial charge on any atom is -0.356 e. The Morgan fingerprint density at radius 1 is 1.39 bits per heavy atom. The van der Waals surface area contributed by atoms with E-state index in [2.05, 4.69) is 48.1 Å². The van der Waals surface area contributed by atoms with Crippen LogP contribution in [0, 0.1) is 11.8 Å². The van der Waals surface area contributed by atoms with Gasteiger partial charge >= 0.3 is 0 Å². The molecular weight excluding hydrogens is 222 g/mol. The van der Waals surface area contributed by atoms with Crippen LogP contribution in [0.3, 0.4) is 0 Å². The summed E-state index contributed by atoms with van der Waals surface area (Å²) < 4.78 is 0. The molecule has 3 nitrogen and oxygen atoms in total. The molecule has 1 fully saturated rings. The monoisotopic (exact) mass is 247 g/mol. The highest BCUT2D eigenvalue weighted by molar-refractivity contribution is 5.42. The molecule has 0 amide bonds. The van der Waals surface area contributed by atoms with Crippen LogP contribution in [0.15, 0.2) is 18.3 Å². The van der Waals surface area contributed by atoms with Gasteiger partial charge in [-0.25, -0.2) is 4.98 Å². The molecule has 0 saturated carbocycles. The molecule has 3 atom stereocenters. The molecule has 3 unspecified atom stereocenters. The van der Waals surface area contributed by atoms with Gasteiger partial charge in [0.25, 0.3) is 0 Å². The van der Waals surface area contributed by atoms with E-state index in [4.69, 9.17) is 0 Å². The van der Waals surface area contributed by atoms with Crippen LogP contribution in [0.2, 0.25) is 0 Å². The Morgan fingerprint density at radius 3 is 2.83 bits per heavy atom. The van der Waals surface area contributed by atoms with Crippen LogP contribution >= 0.6 is 0 Å². The molecule has 0 aromatic carbocycles. The summed E-state index contributed by atoms with van der Waals surface area (Å²) in [5.41, 5.74) is 1.31. The van der Waals surface area contributed by atoms with Crippen LogP contribution < -0.4 is 10.2 Å². The average Bonchev–Trinajstić information content (AvgIpc) is 2.41. The van der Waals surface area contributed by atoms with Gasteiger partial charge in [0.1, 0.15) is 5.82 Å². The minimum absolute atomic E-state index is 0.382. The predicted octanol–water partition coefficient (Wildman–Crippen LogP) is 2.84. The smallest absolute Gasteiger partial charge is 0.128 e. The first-order chi connectivity index (χ1) is 8.61. The Labute approximate surface area is 111 Å². The maximum Gasteiger partial charge on any atom is 0.128 e. The number of piperidine rings is 1. The zero-order valence-electron chi connectivity index (χ0n) is 12.0. The molecule has 0 bridgehead atoms. The summed E-state index contributed by atoms with van der Waals surface area (Å²) in [6, 6.07) is 4.71. The van der Waals surface area contributed by atoms with E-state index in [1.54, 1.807) is 0 Å². The Morgan fingerprint density at radius 2 is 2.17 bits per heavy atom. The topological polar surface area (TPSA) is 28.2 Å². The third kappa shape index (κ3) is 2.83. The first-order valence-corrected chi connectivity index (χ1v) is 7.00. The van der Waals surface area contributed by atoms with E-state index in [0.717, 1.165) is 30.7 Å². The predicted molar refractivity (Wildman–Crippen MR) is 76.9 cm³/mol. The Hall–Kier alpha value is -1.09. The summed E-state index contributed by atoms with van der Waals surface area (Å²) >= 11 is 0. The van der Waals surface area contributed by atoms with Crippen molar-refractivity contribution in [3.63, 3.8) is 0 Å². The fraction of sp³-hybridized carbons (Fsp3) is 0.667. The maximum absolute atomic E-state index is 4.54. The number of rotatable bonds is 3. The normalized spacial score (nSPS) is 26.1. The lowest BCUT2D eigenvalue weighted by Crippen LogP contribution is -2.38. The van der Waals surface area contributed by atoms with Crippen LogP contribution in [0.4, 0.5) is 5.82 Å². The van der Waals surface area contributed by atoms with Gasteiger partial charge in [-0.05, 0) is 49.9 Å². The van der Waals surface area contributed by atoms with E-state index in [9.17, 15) is 0 Å². The van der Waals surface area contributed by atoms with Gasteiger partial charge in [-0.3, -0.25) is 0 Å². The Kier molecular flexibility index (Phi) is 4.23. The van der Waals surface area contributed by atoms with Crippen LogP contribution in [0.25, 0.3) is 0 Å². The highest BCUT2D eigenvalue weighted by atomic mass is 15.2. The molecule has 1 aliphatic heterocycles. The summed E-state index contributed by atoms with van der Waals surface area (Å²) in [6.07, 6.45) is 3.20. The standard InChI is InChI=1S/C15H25N3/c1-11-6-8-18(10-12(11)2)15-9-14(5-7-17-15)13(3)16-4/h5,7,9,11-13,16H,6,8,10H2,1-4H3. The van der Waals surface area contributed by atoms with Gasteiger partial charge in [-0.15, -0.1) is 0 Å². The molecule has 1 aliphatic rings. The number of hydrogen-bond acceptors (Lipinski definition) is 3. The van der Waals surface area contributed by atoms with Gasteiger partial charge in [0, 0.05) is 25.3 Å². The number of aromatic nitrogens is 1. The molecule has 1 aromatic heterocycles. The summed E-state index contributed by atoms with van der Waals surface area (Å²) in [7, 11) is 2.00. The van der Waals surface area contributed by atoms with Crippen molar-refractivity contribution in [2.45, 2.75) is 33.2 Å². The summed E-state index contributed by atoms with van der Waals surface area (Å²) in [5.74, 6) is 2.72. The molecule has 18 heavy (non-hydrogen) atoms. The lowest BCUT2D eigenvalue weighted by atomic mass is 9.88. The summed E-state index contributed by atoms with van der Waals surface area (Å²) in [5, 5.41) is 3.28. The maximum atomic E-state index is 4.54. The fourth-order valence-corrected chi connectivity index (χ4v) is 2.51. The minimum atomic E-state index is 0.382. The van der Waals surface area contributed by atoms with E-state index in [1.165, 1.54) is 12.0 Å². The highest BCUT2D eigenvalue weighted by Crippen LogP contribution is 2.27. The van der Waals surface area contributed by atoms with Crippen LogP contribution in [0.1, 0.15) is 38.8 Å². The lowest BCUT2D eigenvalue weighted by Gasteiger charge is -2.36. The van der Waals surface area contributed by atoms with E-state index < -0.39 is 0 Å². The van der Waals surface area contributed by atoms with Gasteiger partial charge in [-0.1, -0.05) is 13.8 Å². The molecule has 0 aliphatic carbocycles. The van der Waals surface area contributed by atoms with Crippen molar-refractivity contribution in [1.29, 1.82) is 0 Å². The van der Waals surface area contributed by atoms with Crippen molar-refractivity contribution in [3.8, 4) is 0 Å². The molecule has 0 spiro atoms. The third-order valence-corrected chi connectivity index (χ3v) is 4.36. The first kappa shape index (κ1) is 13.3. The number of nitrogens with one attached hydrogen (secondary N) is 1. The fourth-order valence-electron chi connectivity index (χ4n) is 2.51. The number of nitrogens with zero attached hydrogens (tertiary/aromatic N) is 2. The van der Waals surface area contributed by atoms with E-state index in [-0.39, 0.29) is 0 Å². The second-order valence-electron chi connectivity index (χ2n) is 5.65. The number of pyridine rings is 1. The summed E-state index contributed by atoms with van der Waals surface area (Å²) in [4.78, 5) is 6.96. The third-order valence-electron chi connectivity index (χ3n) is 4.36. The van der Waals surface area contributed by atoms with Crippen molar-refractivity contribution in [2.75, 3.05) is 25.0 Å². The molecule has 0 radical (unpaired) electrons. The number of hydrogen-bond donors (Lipinski definition) is 1. The second-order valence-corrected chi connectivity index (χ2v) is 5.65. The van der Waals surface area contributed by atoms with Crippen molar-refractivity contribution in [3.05, 3.63) is 23.9 Å². The van der Waals surface area contributed by atoms with E-state index >= 15 is 0 Å². The number of anilines is 1. The Bertz CT molecular complexity index is 391. The van der Waals surface area contributed by atoms with Crippen molar-refractivity contribution in [2.24, 2.45) is 11.8 Å². The SMILES string of the molecule is CNC(C)c1ccnc(N2CCC(C)C(C)C2)c1. The zero-order chi connectivity index (χ0) is 13.1. The van der Waals surface area contributed by atoms with Gasteiger partial charge < -0.3 is 10.2 Å². The van der Waals surface area contributed by atoms with Crippen LogP contribution in [-0.2, 0) is 0 Å². The highest BCUT2D eigenvalue weighted by Gasteiger charge is 2.23. The summed E-state index contributed by atoms with van der Waals surface area (Å²) in [6.45, 7) is 9.15. The van der Waals surface area contributed by atoms with E-state index in [1.807, 2.05) is 13.2 Å². The largest absolute Gasteiger partial charge is 0.356 e. The molecule has 1 N–H and O–H groups in total. The van der Waals surface area contributed by atoms with E-state index in [0.29, 0.717) is 6.04 Å². The molecule has 1 saturated heterocycles. The van der Waals surface area contributed by atoms with Crippen molar-refractivity contribution in [1.82, 2.24) is 10.3 Å². The van der Waals surface area contributed by atoms with Crippen molar-refractivity contribution >= 4 is 5.82 Å². The van der Waals surface area contributed by atoms with Crippen LogP contribution in [0.5, 0.6) is 0 Å². The van der Waals surface area contributed by atoms with Gasteiger partial charge in [0.15, 0.2) is 0 Å². The lowest BCUT2D eigenvalue weighted by molar-refractivity contribution is 0.323. The van der Waals surface area contributed by atoms with Gasteiger partial charge in [-0.2, -0.15) is 0 Å². The Balaban J connectivity index is 2.13. The zero-order valence-corrected chi connectivity index (χ0v) is 12.0. The quantitative estimate of drug-likeness (QED) is 0.890. The molecule has 1 aromatic rings. The molecule has 2 heterocycles. The molecule has 3 heteroatoms. The van der Waals surface area contributed by atoms with Gasteiger partial charge in [0.2, 0.25) is 0 Å². The van der Waals surface area contributed by atoms with Crippen LogP contribution in [-0.4, -0.2) is 25.1 Å². The average molecular weight is 247 g/mol. The van der Waals surface area contributed by atoms with Crippen molar-refractivity contribution < 1.29 is 0 Å². The second kappa shape index (κ2) is 5.70. The molecule has 100 valence electrons. The molecular formula is C15H25N3. The van der Waals surface area contributed by atoms with Gasteiger partial charge in [0.05, 0.1) is 0 Å². The first-order valence-electron chi connectivity index (χ1n) is 7.00.